The number of amides is 1. The number of primary amides is 1. The van der Waals surface area contributed by atoms with Crippen molar-refractivity contribution < 1.29 is 4.79 Å². The third-order valence-corrected chi connectivity index (χ3v) is 3.25. The molecule has 1 aromatic heterocycles. The topological polar surface area (TPSA) is 56.0 Å². The molecule has 0 fully saturated rings. The maximum absolute atomic E-state index is 10.9. The van der Waals surface area contributed by atoms with E-state index in [-0.39, 0.29) is 0 Å². The molecule has 2 rings (SSSR count). The van der Waals surface area contributed by atoms with Crippen LogP contribution in [0.4, 0.5) is 0 Å². The lowest BCUT2D eigenvalue weighted by atomic mass is 10.1. The number of hydrogen-bond acceptors (Lipinski definition) is 3. The zero-order valence-corrected chi connectivity index (χ0v) is 8.81. The van der Waals surface area contributed by atoms with Crippen molar-refractivity contribution in [2.24, 2.45) is 5.73 Å². The summed E-state index contributed by atoms with van der Waals surface area (Å²) in [6.45, 7) is 4.02. The maximum atomic E-state index is 10.9. The largest absolute Gasteiger partial charge is 0.364 e. The van der Waals surface area contributed by atoms with Gasteiger partial charge in [-0.05, 0) is 31.0 Å². The van der Waals surface area contributed by atoms with E-state index < -0.39 is 5.91 Å². The number of hydrogen-bond donors (Lipinski definition) is 1. The molecule has 1 aromatic carbocycles. The van der Waals surface area contributed by atoms with Gasteiger partial charge < -0.3 is 5.73 Å². The second kappa shape index (κ2) is 3.06. The third-order valence-electron chi connectivity index (χ3n) is 2.03. The summed E-state index contributed by atoms with van der Waals surface area (Å²) in [5.74, 6) is -0.455. The first-order valence-electron chi connectivity index (χ1n) is 4.25. The lowest BCUT2D eigenvalue weighted by molar-refractivity contribution is 0.1000. The Labute approximate surface area is 85.6 Å². The van der Waals surface area contributed by atoms with Crippen LogP contribution in [0.5, 0.6) is 0 Å². The molecule has 1 heterocycles. The number of nitrogens with zero attached hydrogens (tertiary/aromatic N) is 1. The Morgan fingerprint density at radius 1 is 1.43 bits per heavy atom. The number of rotatable bonds is 1. The maximum Gasteiger partial charge on any atom is 0.277 e. The number of aromatic nitrogens is 1. The summed E-state index contributed by atoms with van der Waals surface area (Å²) in [5, 5.41) is 0.383. The molecule has 0 aliphatic heterocycles. The highest BCUT2D eigenvalue weighted by molar-refractivity contribution is 7.20. The minimum atomic E-state index is -0.455. The van der Waals surface area contributed by atoms with Gasteiger partial charge >= 0.3 is 0 Å². The smallest absolute Gasteiger partial charge is 0.277 e. The van der Waals surface area contributed by atoms with Crippen molar-refractivity contribution in [3.8, 4) is 0 Å². The highest BCUT2D eigenvalue weighted by Crippen LogP contribution is 2.26. The monoisotopic (exact) mass is 206 g/mol. The van der Waals surface area contributed by atoms with Gasteiger partial charge in [0.25, 0.3) is 5.91 Å². The Morgan fingerprint density at radius 3 is 2.79 bits per heavy atom. The summed E-state index contributed by atoms with van der Waals surface area (Å²) >= 11 is 1.36. The highest BCUT2D eigenvalue weighted by atomic mass is 32.1. The van der Waals surface area contributed by atoms with Gasteiger partial charge in [0.2, 0.25) is 0 Å². The zero-order valence-electron chi connectivity index (χ0n) is 8.00. The SMILES string of the molecule is Cc1cc(C)c2sc(C(N)=O)nc2c1. The zero-order chi connectivity index (χ0) is 10.3. The number of benzene rings is 1. The summed E-state index contributed by atoms with van der Waals surface area (Å²) in [7, 11) is 0. The van der Waals surface area contributed by atoms with Crippen LogP contribution in [0.25, 0.3) is 10.2 Å². The Hall–Kier alpha value is -1.42. The van der Waals surface area contributed by atoms with Gasteiger partial charge in [0.15, 0.2) is 5.01 Å². The van der Waals surface area contributed by atoms with Crippen LogP contribution in [0, 0.1) is 13.8 Å². The van der Waals surface area contributed by atoms with Crippen LogP contribution in [-0.2, 0) is 0 Å². The molecule has 0 spiro atoms. The number of thiazole rings is 1. The number of carbonyl (C=O) groups excluding carboxylic acids is 1. The van der Waals surface area contributed by atoms with Crippen molar-refractivity contribution in [3.63, 3.8) is 0 Å². The Morgan fingerprint density at radius 2 is 2.14 bits per heavy atom. The van der Waals surface area contributed by atoms with Crippen molar-refractivity contribution in [2.45, 2.75) is 13.8 Å². The van der Waals surface area contributed by atoms with E-state index in [4.69, 9.17) is 5.73 Å². The summed E-state index contributed by atoms with van der Waals surface area (Å²) in [4.78, 5) is 15.1. The van der Waals surface area contributed by atoms with Crippen LogP contribution in [0.2, 0.25) is 0 Å². The average Bonchev–Trinajstić information content (AvgIpc) is 2.47. The van der Waals surface area contributed by atoms with Gasteiger partial charge in [-0.25, -0.2) is 4.98 Å². The summed E-state index contributed by atoms with van der Waals surface area (Å²) < 4.78 is 1.05. The van der Waals surface area contributed by atoms with Crippen LogP contribution in [0.3, 0.4) is 0 Å². The Kier molecular flexibility index (Phi) is 2.00. The van der Waals surface area contributed by atoms with Gasteiger partial charge in [-0.2, -0.15) is 0 Å². The van der Waals surface area contributed by atoms with Crippen LogP contribution in [0.1, 0.15) is 20.9 Å². The lowest BCUT2D eigenvalue weighted by Gasteiger charge is -1.95. The fourth-order valence-electron chi connectivity index (χ4n) is 1.48. The normalized spacial score (nSPS) is 10.7. The summed E-state index contributed by atoms with van der Waals surface area (Å²) in [6.07, 6.45) is 0. The predicted octanol–water partition coefficient (Wildman–Crippen LogP) is 2.01. The first-order chi connectivity index (χ1) is 6.58. The van der Waals surface area contributed by atoms with Gasteiger partial charge in [-0.3, -0.25) is 4.79 Å². The second-order valence-corrected chi connectivity index (χ2v) is 4.31. The third kappa shape index (κ3) is 1.37. The molecule has 72 valence electrons. The molecule has 0 bridgehead atoms. The van der Waals surface area contributed by atoms with E-state index in [0.29, 0.717) is 5.01 Å². The van der Waals surface area contributed by atoms with Crippen molar-refractivity contribution >= 4 is 27.5 Å². The molecular weight excluding hydrogens is 196 g/mol. The molecule has 0 radical (unpaired) electrons. The molecular formula is C10H10N2OS. The molecule has 4 heteroatoms. The van der Waals surface area contributed by atoms with Crippen molar-refractivity contribution in [1.82, 2.24) is 4.98 Å². The summed E-state index contributed by atoms with van der Waals surface area (Å²) in [5.41, 5.74) is 8.33. The van der Waals surface area contributed by atoms with Gasteiger partial charge in [-0.1, -0.05) is 6.07 Å². The Balaban J connectivity index is 2.76. The number of fused-ring (bicyclic) bond motifs is 1. The van der Waals surface area contributed by atoms with Gasteiger partial charge in [-0.15, -0.1) is 11.3 Å². The molecule has 0 aliphatic carbocycles. The van der Waals surface area contributed by atoms with Crippen LogP contribution >= 0.6 is 11.3 Å². The lowest BCUT2D eigenvalue weighted by Crippen LogP contribution is -2.09. The van der Waals surface area contributed by atoms with E-state index in [2.05, 4.69) is 11.1 Å². The first kappa shape index (κ1) is 9.15. The van der Waals surface area contributed by atoms with Crippen LogP contribution in [0.15, 0.2) is 12.1 Å². The molecule has 1 amide bonds. The van der Waals surface area contributed by atoms with E-state index >= 15 is 0 Å². The Bertz CT molecular complexity index is 516. The fourth-order valence-corrected chi connectivity index (χ4v) is 2.35. The van der Waals surface area contributed by atoms with E-state index in [1.165, 1.54) is 11.3 Å². The van der Waals surface area contributed by atoms with E-state index in [9.17, 15) is 4.79 Å². The minimum absolute atomic E-state index is 0.383. The molecule has 0 aliphatic rings. The highest BCUT2D eigenvalue weighted by Gasteiger charge is 2.10. The van der Waals surface area contributed by atoms with E-state index in [0.717, 1.165) is 21.3 Å². The fraction of sp³-hybridized carbons (Fsp3) is 0.200. The van der Waals surface area contributed by atoms with E-state index in [1.807, 2.05) is 19.9 Å². The molecule has 2 aromatic rings. The van der Waals surface area contributed by atoms with Crippen LogP contribution < -0.4 is 5.73 Å². The first-order valence-corrected chi connectivity index (χ1v) is 5.07. The second-order valence-electron chi connectivity index (χ2n) is 3.31. The van der Waals surface area contributed by atoms with Gasteiger partial charge in [0, 0.05) is 0 Å². The van der Waals surface area contributed by atoms with Crippen LogP contribution in [-0.4, -0.2) is 10.9 Å². The molecule has 14 heavy (non-hydrogen) atoms. The van der Waals surface area contributed by atoms with Gasteiger partial charge in [0.1, 0.15) is 0 Å². The predicted molar refractivity (Wildman–Crippen MR) is 57.6 cm³/mol. The minimum Gasteiger partial charge on any atom is -0.364 e. The standard InChI is InChI=1S/C10H10N2OS/c1-5-3-6(2)8-7(4-5)12-10(14-8)9(11)13/h3-4H,1-2H3,(H2,11,13). The molecule has 0 saturated heterocycles. The number of carbonyl (C=O) groups is 1. The van der Waals surface area contributed by atoms with Crippen molar-refractivity contribution in [2.75, 3.05) is 0 Å². The molecule has 0 unspecified atom stereocenters. The van der Waals surface area contributed by atoms with Crippen molar-refractivity contribution in [3.05, 3.63) is 28.3 Å². The molecule has 2 N–H and O–H groups in total. The molecule has 0 saturated carbocycles. The summed E-state index contributed by atoms with van der Waals surface area (Å²) in [6, 6.07) is 4.04. The molecule has 0 atom stereocenters. The number of aryl methyl sites for hydroxylation is 2. The quantitative estimate of drug-likeness (QED) is 0.776. The van der Waals surface area contributed by atoms with Gasteiger partial charge in [0.05, 0.1) is 10.2 Å². The average molecular weight is 206 g/mol. The number of nitrogens with two attached hydrogens (primary N) is 1. The van der Waals surface area contributed by atoms with E-state index in [1.54, 1.807) is 0 Å². The van der Waals surface area contributed by atoms with Crippen molar-refractivity contribution in [1.29, 1.82) is 0 Å². The molecule has 3 nitrogen and oxygen atoms in total.